The number of unbranched alkanes of at least 4 members (excludes halogenated alkanes) is 16. The quantitative estimate of drug-likeness (QED) is 0.0987. The topological polar surface area (TPSA) is 57.2 Å². The van der Waals surface area contributed by atoms with E-state index in [2.05, 4.69) is 26.0 Å². The van der Waals surface area contributed by atoms with Crippen LogP contribution in [-0.4, -0.2) is 13.0 Å². The third kappa shape index (κ3) is 14.0. The fourth-order valence-electron chi connectivity index (χ4n) is 5.29. The summed E-state index contributed by atoms with van der Waals surface area (Å²) in [5, 5.41) is 1.55. The second-order valence-corrected chi connectivity index (χ2v) is 12.1. The van der Waals surface area contributed by atoms with Crippen LogP contribution < -0.4 is 29.6 Å². The molecule has 0 radical (unpaired) electrons. The predicted octanol–water partition coefficient (Wildman–Crippen LogP) is 6.89. The molecule has 0 aliphatic carbocycles. The average molecular weight is 539 g/mol. The molecule has 0 saturated carbocycles. The summed E-state index contributed by atoms with van der Waals surface area (Å²) in [6, 6.07) is 9.54. The van der Waals surface area contributed by atoms with Gasteiger partial charge in [0.05, 0.1) is 4.90 Å². The summed E-state index contributed by atoms with van der Waals surface area (Å²) in [6.45, 7) is 4.50. The summed E-state index contributed by atoms with van der Waals surface area (Å²) in [5.41, 5.74) is 2.30. The second kappa shape index (κ2) is 20.5. The van der Waals surface area contributed by atoms with Crippen molar-refractivity contribution in [3.8, 4) is 0 Å². The van der Waals surface area contributed by atoms with Crippen molar-refractivity contribution in [3.05, 3.63) is 41.5 Å². The summed E-state index contributed by atoms with van der Waals surface area (Å²) in [4.78, 5) is -0.0674. The maximum absolute atomic E-state index is 12.0. The smallest absolute Gasteiger partial charge is 0.744 e. The molecule has 0 fully saturated rings. The Labute approximate surface area is 250 Å². The Bertz CT molecular complexity index is 971. The Hall–Kier alpha value is -0.390. The maximum Gasteiger partial charge on any atom is 1.00 e. The molecule has 2 aromatic carbocycles. The van der Waals surface area contributed by atoms with Crippen molar-refractivity contribution in [1.29, 1.82) is 0 Å². The van der Waals surface area contributed by atoms with Gasteiger partial charge in [0.2, 0.25) is 0 Å². The van der Waals surface area contributed by atoms with Crippen LogP contribution in [0.2, 0.25) is 0 Å². The van der Waals surface area contributed by atoms with E-state index in [0.717, 1.165) is 42.2 Å². The zero-order valence-electron chi connectivity index (χ0n) is 24.2. The molecule has 0 amide bonds. The first-order chi connectivity index (χ1) is 17.5. The van der Waals surface area contributed by atoms with E-state index in [1.807, 2.05) is 12.1 Å². The zero-order valence-corrected chi connectivity index (χ0v) is 27.0. The van der Waals surface area contributed by atoms with Gasteiger partial charge < -0.3 is 4.55 Å². The minimum absolute atomic E-state index is 0. The van der Waals surface area contributed by atoms with Gasteiger partial charge in [0.15, 0.2) is 0 Å². The number of benzene rings is 2. The van der Waals surface area contributed by atoms with E-state index >= 15 is 0 Å². The Balaban J connectivity index is 0.00000684. The molecule has 204 valence electrons. The van der Waals surface area contributed by atoms with Crippen LogP contribution in [-0.2, 0) is 23.0 Å². The zero-order chi connectivity index (χ0) is 26.1. The Morgan fingerprint density at radius 3 is 1.51 bits per heavy atom. The molecule has 3 nitrogen and oxygen atoms in total. The first kappa shape index (κ1) is 34.6. The fraction of sp³-hybridized carbons (Fsp3) is 0.688. The molecule has 37 heavy (non-hydrogen) atoms. The average Bonchev–Trinajstić information content (AvgIpc) is 2.85. The first-order valence-corrected chi connectivity index (χ1v) is 16.4. The molecule has 0 aliphatic heterocycles. The van der Waals surface area contributed by atoms with Gasteiger partial charge in [0, 0.05) is 0 Å². The molecule has 2 aromatic rings. The van der Waals surface area contributed by atoms with Crippen molar-refractivity contribution in [2.75, 3.05) is 0 Å². The molecule has 0 atom stereocenters. The van der Waals surface area contributed by atoms with E-state index in [9.17, 15) is 13.0 Å². The van der Waals surface area contributed by atoms with Gasteiger partial charge in [0.25, 0.3) is 0 Å². The van der Waals surface area contributed by atoms with Crippen molar-refractivity contribution in [3.63, 3.8) is 0 Å². The number of fused-ring (bicyclic) bond motifs is 1. The summed E-state index contributed by atoms with van der Waals surface area (Å²) >= 11 is 0. The van der Waals surface area contributed by atoms with E-state index in [1.165, 1.54) is 109 Å². The van der Waals surface area contributed by atoms with Gasteiger partial charge in [-0.1, -0.05) is 135 Å². The van der Waals surface area contributed by atoms with Gasteiger partial charge in [-0.15, -0.1) is 0 Å². The standard InChI is InChI=1S/C32H52O3S.Na/c1-3-5-7-9-11-13-15-17-19-21-28-23-25-30-29(22-20-18-16-14-12-10-8-6-4-2)24-26-32(31(30)27-28)36(33,34)35;/h23-27H,3-22H2,1-2H3,(H,33,34,35);/q;+1/p-1. The predicted molar refractivity (Wildman–Crippen MR) is 154 cm³/mol. The number of rotatable bonds is 21. The summed E-state index contributed by atoms with van der Waals surface area (Å²) < 4.78 is 35.9. The molecule has 0 aliphatic rings. The van der Waals surface area contributed by atoms with Crippen LogP contribution in [0.3, 0.4) is 0 Å². The molecule has 0 N–H and O–H groups in total. The Kier molecular flexibility index (Phi) is 19.2. The van der Waals surface area contributed by atoms with Crippen LogP contribution in [0.4, 0.5) is 0 Å². The number of hydrogen-bond donors (Lipinski definition) is 0. The van der Waals surface area contributed by atoms with Crippen LogP contribution >= 0.6 is 0 Å². The van der Waals surface area contributed by atoms with E-state index in [4.69, 9.17) is 0 Å². The van der Waals surface area contributed by atoms with Crippen LogP contribution in [0.25, 0.3) is 10.8 Å². The van der Waals surface area contributed by atoms with Crippen LogP contribution in [0.5, 0.6) is 0 Å². The molecule has 2 rings (SSSR count). The molecule has 0 aromatic heterocycles. The largest absolute Gasteiger partial charge is 1.00 e. The van der Waals surface area contributed by atoms with Crippen molar-refractivity contribution in [2.24, 2.45) is 0 Å². The van der Waals surface area contributed by atoms with Gasteiger partial charge in [-0.25, -0.2) is 8.42 Å². The van der Waals surface area contributed by atoms with Gasteiger partial charge in [-0.3, -0.25) is 0 Å². The summed E-state index contributed by atoms with van der Waals surface area (Å²) in [7, 11) is -4.50. The van der Waals surface area contributed by atoms with Gasteiger partial charge in [0.1, 0.15) is 10.1 Å². The molecule has 0 heterocycles. The number of aryl methyl sites for hydroxylation is 2. The molecule has 0 bridgehead atoms. The van der Waals surface area contributed by atoms with Gasteiger partial charge >= 0.3 is 29.6 Å². The van der Waals surface area contributed by atoms with E-state index in [-0.39, 0.29) is 34.5 Å². The fourth-order valence-corrected chi connectivity index (χ4v) is 5.96. The number of hydrogen-bond acceptors (Lipinski definition) is 3. The van der Waals surface area contributed by atoms with Crippen molar-refractivity contribution < 1.29 is 42.5 Å². The normalized spacial score (nSPS) is 11.6. The third-order valence-electron chi connectivity index (χ3n) is 7.52. The minimum atomic E-state index is -4.50. The van der Waals surface area contributed by atoms with Crippen molar-refractivity contribution in [1.82, 2.24) is 0 Å². The minimum Gasteiger partial charge on any atom is -0.744 e. The Morgan fingerprint density at radius 2 is 1.03 bits per heavy atom. The van der Waals surface area contributed by atoms with Crippen LogP contribution in [0, 0.1) is 0 Å². The van der Waals surface area contributed by atoms with Gasteiger partial charge in [-0.05, 0) is 59.7 Å². The second-order valence-electron chi connectivity index (χ2n) is 10.7. The van der Waals surface area contributed by atoms with Crippen molar-refractivity contribution >= 4 is 20.9 Å². The van der Waals surface area contributed by atoms with E-state index in [1.54, 1.807) is 0 Å². The SMILES string of the molecule is CCCCCCCCCCCc1ccc2c(CCCCCCCCCCC)ccc(S(=O)(=O)[O-])c2c1.[Na+]. The first-order valence-electron chi connectivity index (χ1n) is 15.0. The third-order valence-corrected chi connectivity index (χ3v) is 8.41. The molecular weight excluding hydrogens is 487 g/mol. The Morgan fingerprint density at radius 1 is 0.568 bits per heavy atom. The van der Waals surface area contributed by atoms with E-state index in [0.29, 0.717) is 5.39 Å². The molecule has 0 spiro atoms. The summed E-state index contributed by atoms with van der Waals surface area (Å²) in [6.07, 6.45) is 25.0. The van der Waals surface area contributed by atoms with Crippen molar-refractivity contribution in [2.45, 2.75) is 147 Å². The maximum atomic E-state index is 12.0. The monoisotopic (exact) mass is 538 g/mol. The molecule has 0 saturated heterocycles. The van der Waals surface area contributed by atoms with E-state index < -0.39 is 10.1 Å². The summed E-state index contributed by atoms with van der Waals surface area (Å²) in [5.74, 6) is 0. The molecule has 5 heteroatoms. The van der Waals surface area contributed by atoms with Crippen LogP contribution in [0.1, 0.15) is 141 Å². The van der Waals surface area contributed by atoms with Crippen LogP contribution in [0.15, 0.2) is 35.2 Å². The van der Waals surface area contributed by atoms with Gasteiger partial charge in [-0.2, -0.15) is 0 Å². The molecule has 0 unspecified atom stereocenters. The molecular formula is C32H51NaO3S.